The van der Waals surface area contributed by atoms with Crippen molar-refractivity contribution in [1.82, 2.24) is 77.3 Å². The zero-order valence-corrected chi connectivity index (χ0v) is 72.5. The number of nitrogens with one attached hydrogen (secondary N) is 10. The Morgan fingerprint density at radius 3 is 1.52 bits per heavy atom. The summed E-state index contributed by atoms with van der Waals surface area (Å²) in [7, 11) is 6.48. The first kappa shape index (κ1) is 98.2. The Balaban J connectivity index is 1.31. The second kappa shape index (κ2) is 47.5. The highest BCUT2D eigenvalue weighted by Gasteiger charge is 2.42. The van der Waals surface area contributed by atoms with Crippen LogP contribution in [-0.4, -0.2) is 272 Å². The maximum absolute atomic E-state index is 15.5. The lowest BCUT2D eigenvalue weighted by Gasteiger charge is -2.37. The highest BCUT2D eigenvalue weighted by atomic mass is 32.2. The monoisotopic (exact) mass is 1730 g/mol. The number of phenols is 2. The number of rotatable bonds is 22. The van der Waals surface area contributed by atoms with Crippen LogP contribution in [0.5, 0.6) is 11.5 Å². The first-order valence-corrected chi connectivity index (χ1v) is 42.2. The Kier molecular flexibility index (Phi) is 37.6. The number of benzene rings is 5. The molecule has 1 aromatic heterocycles. The molecule has 5 aromatic carbocycles. The number of hydrogen-bond acceptors (Lipinski definition) is 19. The van der Waals surface area contributed by atoms with E-state index in [1.807, 2.05) is 20.8 Å². The summed E-state index contributed by atoms with van der Waals surface area (Å²) in [4.78, 5) is 240. The SMILES string of the molecule is CCCC[C@H]1C(=O)N(C)CC(=O)N[C@@H](CC(=O)O)C(=O)N[C@@H](C(C)C)C(=O)N(C)[C@@H](C)C(=O)N[C@@H](Cc2ccc(O)cc2)C(=O)N(C)CC(=O)N[C@@H](Cc2c[nH]c3ccccc23)C(=O)N[C@@H](Cc2ccc(O)cc2)C(=O)N[C@@H](CCC(C)C)C(=O)N[C@@H](C(=O)NCC(N)=O)CSCC(=O)N[C@@H](Cc2ccccc2)C(=O)N(C)[C@@H](Cc2ccccc2)C(=O)N1C. The van der Waals surface area contributed by atoms with Crippen molar-refractivity contribution in [3.63, 3.8) is 0 Å². The van der Waals surface area contributed by atoms with E-state index in [2.05, 4.69) is 52.8 Å². The number of aromatic amines is 1. The van der Waals surface area contributed by atoms with E-state index in [9.17, 15) is 72.9 Å². The molecular formula is C88H116N16O19S. The molecular weight excluding hydrogens is 1620 g/mol. The predicted octanol–water partition coefficient (Wildman–Crippen LogP) is 1.49. The van der Waals surface area contributed by atoms with Crippen molar-refractivity contribution >= 4 is 117 Å². The van der Waals surface area contributed by atoms with Crippen LogP contribution in [0.3, 0.4) is 0 Å². The summed E-state index contributed by atoms with van der Waals surface area (Å²) in [5.74, 6) is -17.0. The van der Waals surface area contributed by atoms with Gasteiger partial charge in [0.2, 0.25) is 88.6 Å². The number of unbranched alkanes of at least 4 members (excludes halogenated alkanes) is 1. The number of para-hydroxylation sites is 1. The number of fused-ring (bicyclic) bond motifs is 1. The number of primary amides is 1. The van der Waals surface area contributed by atoms with Crippen molar-refractivity contribution in [3.8, 4) is 11.5 Å². The zero-order chi connectivity index (χ0) is 91.2. The number of amides is 15. The number of nitrogens with two attached hydrogens (primary N) is 1. The van der Waals surface area contributed by atoms with Gasteiger partial charge in [-0.15, -0.1) is 11.8 Å². The molecule has 6 aromatic rings. The molecule has 7 rings (SSSR count). The van der Waals surface area contributed by atoms with Crippen molar-refractivity contribution in [1.29, 1.82) is 0 Å². The minimum atomic E-state index is -1.88. The number of likely N-dealkylation sites (N-methyl/N-ethyl adjacent to an activating group) is 5. The number of thioether (sulfide) groups is 1. The molecule has 1 saturated heterocycles. The number of aliphatic carboxylic acids is 1. The van der Waals surface area contributed by atoms with Gasteiger partial charge in [0.1, 0.15) is 78.0 Å². The first-order valence-electron chi connectivity index (χ1n) is 41.1. The molecule has 0 bridgehead atoms. The van der Waals surface area contributed by atoms with Crippen LogP contribution < -0.4 is 53.6 Å². The van der Waals surface area contributed by atoms with Crippen LogP contribution in [0.15, 0.2) is 140 Å². The van der Waals surface area contributed by atoms with E-state index in [-0.39, 0.29) is 68.1 Å². The van der Waals surface area contributed by atoms with E-state index in [4.69, 9.17) is 5.73 Å². The molecule has 0 spiro atoms. The minimum Gasteiger partial charge on any atom is -0.508 e. The van der Waals surface area contributed by atoms with Gasteiger partial charge in [0.05, 0.1) is 31.8 Å². The van der Waals surface area contributed by atoms with Crippen LogP contribution in [0.4, 0.5) is 0 Å². The van der Waals surface area contributed by atoms with Crippen LogP contribution in [0.25, 0.3) is 10.9 Å². The van der Waals surface area contributed by atoms with Crippen LogP contribution in [0.1, 0.15) is 108 Å². The fourth-order valence-electron chi connectivity index (χ4n) is 14.0. The number of hydrogen-bond donors (Lipinski definition) is 14. The second-order valence-corrected chi connectivity index (χ2v) is 32.9. The highest BCUT2D eigenvalue weighted by Crippen LogP contribution is 2.24. The number of nitrogens with zero attached hydrogens (tertiary/aromatic N) is 5. The highest BCUT2D eigenvalue weighted by molar-refractivity contribution is 8.00. The Morgan fingerprint density at radius 2 is 0.968 bits per heavy atom. The number of carbonyl (C=O) groups is 16. The molecule has 124 heavy (non-hydrogen) atoms. The molecule has 1 aliphatic rings. The number of H-pyrrole nitrogens is 1. The third-order valence-corrected chi connectivity index (χ3v) is 22.3. The number of carbonyl (C=O) groups excluding carboxylic acids is 15. The quantitative estimate of drug-likeness (QED) is 0.0458. The maximum atomic E-state index is 15.5. The van der Waals surface area contributed by atoms with E-state index in [1.165, 1.54) is 100 Å². The number of carboxylic acid groups (broad SMARTS) is 1. The number of phenolic OH excluding ortho intramolecular Hbond substituents is 2. The van der Waals surface area contributed by atoms with Gasteiger partial charge >= 0.3 is 5.97 Å². The number of aromatic hydroxyl groups is 2. The lowest BCUT2D eigenvalue weighted by Crippen LogP contribution is -2.60. The Morgan fingerprint density at radius 1 is 0.492 bits per heavy atom. The number of carboxylic acids is 1. The van der Waals surface area contributed by atoms with Crippen LogP contribution >= 0.6 is 11.8 Å². The summed E-state index contributed by atoms with van der Waals surface area (Å²) in [5, 5.41) is 55.1. The molecule has 0 radical (unpaired) electrons. The Hall–Kier alpha value is -12.9. The van der Waals surface area contributed by atoms with E-state index in [0.29, 0.717) is 58.0 Å². The average Bonchev–Trinajstić information content (AvgIpc) is 1.43. The number of aromatic nitrogens is 1. The normalized spacial score (nSPS) is 22.3. The average molecular weight is 1730 g/mol. The van der Waals surface area contributed by atoms with Gasteiger partial charge in [-0.3, -0.25) is 76.7 Å². The first-order chi connectivity index (χ1) is 58.8. The third kappa shape index (κ3) is 29.7. The van der Waals surface area contributed by atoms with E-state index in [1.54, 1.807) is 105 Å². The van der Waals surface area contributed by atoms with Gasteiger partial charge < -0.3 is 98.4 Å². The molecule has 15 amide bonds. The minimum absolute atomic E-state index is 0.0365. The molecule has 35 nitrogen and oxygen atoms in total. The summed E-state index contributed by atoms with van der Waals surface area (Å²) >= 11 is 0.833. The fourth-order valence-corrected chi connectivity index (χ4v) is 14.9. The van der Waals surface area contributed by atoms with Crippen molar-refractivity contribution in [2.45, 2.75) is 179 Å². The van der Waals surface area contributed by atoms with Crippen molar-refractivity contribution in [2.75, 3.05) is 66.4 Å². The summed E-state index contributed by atoms with van der Waals surface area (Å²) < 4.78 is 0. The lowest BCUT2D eigenvalue weighted by molar-refractivity contribution is -0.151. The van der Waals surface area contributed by atoms with Gasteiger partial charge in [-0.1, -0.05) is 151 Å². The Bertz CT molecular complexity index is 4730. The lowest BCUT2D eigenvalue weighted by atomic mass is 9.99. The molecule has 1 aliphatic heterocycles. The third-order valence-electron chi connectivity index (χ3n) is 21.3. The molecule has 1 fully saturated rings. The van der Waals surface area contributed by atoms with Crippen molar-refractivity contribution in [2.24, 2.45) is 17.6 Å². The molecule has 0 aliphatic carbocycles. The molecule has 36 heteroatoms. The van der Waals surface area contributed by atoms with E-state index >= 15 is 19.2 Å². The molecule has 0 unspecified atom stereocenters. The Labute approximate surface area is 724 Å². The predicted molar refractivity (Wildman–Crippen MR) is 462 cm³/mol. The van der Waals surface area contributed by atoms with Crippen molar-refractivity contribution < 1.29 is 92.0 Å². The largest absolute Gasteiger partial charge is 0.508 e. The maximum Gasteiger partial charge on any atom is 0.305 e. The molecule has 0 saturated carbocycles. The molecule has 668 valence electrons. The van der Waals surface area contributed by atoms with Gasteiger partial charge in [-0.05, 0) is 96.2 Å². The van der Waals surface area contributed by atoms with Gasteiger partial charge in [0.15, 0.2) is 0 Å². The van der Waals surface area contributed by atoms with E-state index in [0.717, 1.165) is 26.5 Å². The summed E-state index contributed by atoms with van der Waals surface area (Å²) in [6.07, 6.45) is 0.718. The smallest absolute Gasteiger partial charge is 0.305 e. The van der Waals surface area contributed by atoms with Gasteiger partial charge in [-0.25, -0.2) is 0 Å². The molecule has 11 atom stereocenters. The summed E-state index contributed by atoms with van der Waals surface area (Å²) in [6, 6.07) is 19.0. The zero-order valence-electron chi connectivity index (χ0n) is 71.7. The fraction of sp³-hybridized carbons (Fsp3) is 0.455. The summed E-state index contributed by atoms with van der Waals surface area (Å²) in [6.45, 7) is 7.72. The standard InChI is InChI=1S/C88H116N16O19S/c1-12-13-28-70-86(121)101(8)48-74(109)93-66(44-76(111)112)83(118)99-77(52(4)5)88(123)102(9)53(6)78(113)97-67(41-57-32-36-60(106)37-33-57)84(119)100(7)47-73(108)92-65(43-58-45-90-62-27-21-20-26-61(58)62)82(117)96-64(39-56-30-34-59(105)35-31-56)81(116)95-63(38-29-51(2)3)80(115)98-69(79(114)91-46-72(89)107)49-124-50-75(110)94-68(40-54-22-16-14-17-23-54)85(120)104(11)71(87(122)103(70)10)42-55-24-18-15-19-25-55/h14-27,30-37,45,51-53,63-71,77,90,105-106H,12-13,28-29,38-44,46-50H2,1-11H3,(H2,89,107)(H,91,114)(H,92,108)(H,93,109)(H,94,110)(H,95,116)(H,96,117)(H,97,113)(H,98,115)(H,99,118)(H,111,112)/t53-,63-,64-,65-,66-,67-,68-,69+,70-,71-,77-/m0/s1. The van der Waals surface area contributed by atoms with E-state index < -0.39 is 199 Å². The second-order valence-electron chi connectivity index (χ2n) is 31.9. The van der Waals surface area contributed by atoms with Crippen LogP contribution in [0.2, 0.25) is 0 Å². The van der Waals surface area contributed by atoms with Crippen LogP contribution in [-0.2, 0) is 109 Å². The van der Waals surface area contributed by atoms with Gasteiger partial charge in [0.25, 0.3) is 0 Å². The topological polar surface area (TPSA) is 500 Å². The van der Waals surface area contributed by atoms with Crippen LogP contribution in [0, 0.1) is 11.8 Å². The summed E-state index contributed by atoms with van der Waals surface area (Å²) in [5.41, 5.74) is 8.62. The van der Waals surface area contributed by atoms with Gasteiger partial charge in [-0.2, -0.15) is 0 Å². The molecule has 2 heterocycles. The van der Waals surface area contributed by atoms with Gasteiger partial charge in [0, 0.05) is 90.2 Å². The van der Waals surface area contributed by atoms with Crippen molar-refractivity contribution in [3.05, 3.63) is 167 Å². The molecule has 15 N–H and O–H groups in total.